The van der Waals surface area contributed by atoms with Gasteiger partial charge >= 0.3 is 6.18 Å². The molecule has 0 N–H and O–H groups in total. The van der Waals surface area contributed by atoms with E-state index in [0.29, 0.717) is 24.2 Å². The van der Waals surface area contributed by atoms with Crippen molar-refractivity contribution in [3.63, 3.8) is 0 Å². The van der Waals surface area contributed by atoms with Crippen molar-refractivity contribution in [1.82, 2.24) is 10.0 Å². The highest BCUT2D eigenvalue weighted by atomic mass is 19.4. The van der Waals surface area contributed by atoms with E-state index in [1.807, 2.05) is 30.1 Å². The second-order valence-electron chi connectivity index (χ2n) is 9.30. The van der Waals surface area contributed by atoms with E-state index < -0.39 is 17.8 Å². The molecule has 7 heteroatoms. The van der Waals surface area contributed by atoms with E-state index in [1.165, 1.54) is 11.6 Å². The molecule has 0 unspecified atom stereocenters. The van der Waals surface area contributed by atoms with Crippen molar-refractivity contribution in [3.8, 4) is 0 Å². The summed E-state index contributed by atoms with van der Waals surface area (Å²) in [6, 6.07) is 14.3. The molecule has 2 aliphatic rings. The number of carbonyl (C=O) groups is 1. The molecule has 0 aliphatic carbocycles. The lowest BCUT2D eigenvalue weighted by Crippen LogP contribution is -2.52. The predicted molar refractivity (Wildman–Crippen MR) is 120 cm³/mol. The number of piperidine rings is 1. The molecule has 0 bridgehead atoms. The number of nitrogens with zero attached hydrogens (tertiary/aromatic N) is 2. The normalized spacial score (nSPS) is 20.3. The van der Waals surface area contributed by atoms with Crippen molar-refractivity contribution < 1.29 is 22.7 Å². The van der Waals surface area contributed by atoms with Crippen LogP contribution in [0, 0.1) is 6.92 Å². The zero-order valence-corrected chi connectivity index (χ0v) is 19.2. The number of amides is 1. The maximum absolute atomic E-state index is 13.3. The highest BCUT2D eigenvalue weighted by Crippen LogP contribution is 2.39. The van der Waals surface area contributed by atoms with Crippen LogP contribution < -0.4 is 0 Å². The van der Waals surface area contributed by atoms with Crippen LogP contribution >= 0.6 is 0 Å². The summed E-state index contributed by atoms with van der Waals surface area (Å²) in [6.45, 7) is 6.18. The first-order valence-electron chi connectivity index (χ1n) is 11.6. The third-order valence-electron chi connectivity index (χ3n) is 6.98. The molecule has 2 aromatic rings. The Morgan fingerprint density at radius 2 is 1.76 bits per heavy atom. The molecule has 2 aliphatic heterocycles. The number of hydrazine groups is 1. The average Bonchev–Trinajstić information content (AvgIpc) is 3.23. The van der Waals surface area contributed by atoms with Crippen LogP contribution in [0.3, 0.4) is 0 Å². The predicted octanol–water partition coefficient (Wildman–Crippen LogP) is 5.66. The molecular formula is C26H31F3N2O2. The van der Waals surface area contributed by atoms with Crippen LogP contribution in [-0.4, -0.2) is 42.2 Å². The smallest absolute Gasteiger partial charge is 0.373 e. The van der Waals surface area contributed by atoms with E-state index in [1.54, 1.807) is 13.0 Å². The first-order valence-corrected chi connectivity index (χ1v) is 11.6. The largest absolute Gasteiger partial charge is 0.416 e. The van der Waals surface area contributed by atoms with Gasteiger partial charge in [0.25, 0.3) is 0 Å². The van der Waals surface area contributed by atoms with Gasteiger partial charge in [-0.3, -0.25) is 9.80 Å². The molecular weight excluding hydrogens is 429 g/mol. The van der Waals surface area contributed by atoms with Crippen molar-refractivity contribution in [2.45, 2.75) is 57.2 Å². The Morgan fingerprint density at radius 3 is 2.36 bits per heavy atom. The first-order chi connectivity index (χ1) is 15.7. The van der Waals surface area contributed by atoms with Crippen LogP contribution in [0.15, 0.2) is 48.5 Å². The summed E-state index contributed by atoms with van der Waals surface area (Å²) in [6.07, 6.45) is -1.71. The van der Waals surface area contributed by atoms with E-state index in [0.717, 1.165) is 45.0 Å². The lowest BCUT2D eigenvalue weighted by Gasteiger charge is -2.45. The molecule has 2 aromatic carbocycles. The first kappa shape index (κ1) is 23.8. The van der Waals surface area contributed by atoms with E-state index in [4.69, 9.17) is 4.74 Å². The number of hydrogen-bond donors (Lipinski definition) is 0. The molecule has 2 fully saturated rings. The summed E-state index contributed by atoms with van der Waals surface area (Å²) in [7, 11) is 0. The lowest BCUT2D eigenvalue weighted by atomic mass is 9.73. The fourth-order valence-electron chi connectivity index (χ4n) is 5.00. The molecule has 0 radical (unpaired) electrons. The SMILES string of the molecule is Cc1cc([C@@H](C)OCC2(c3ccccc3)CCN(N3CCCC3=O)CC2)cc(C(F)(F)F)c1. The van der Waals surface area contributed by atoms with Crippen LogP contribution in [0.2, 0.25) is 0 Å². The van der Waals surface area contributed by atoms with Gasteiger partial charge in [-0.1, -0.05) is 42.0 Å². The van der Waals surface area contributed by atoms with Crippen molar-refractivity contribution in [3.05, 3.63) is 70.8 Å². The summed E-state index contributed by atoms with van der Waals surface area (Å²) < 4.78 is 46.1. The summed E-state index contributed by atoms with van der Waals surface area (Å²) in [5, 5.41) is 4.03. The Kier molecular flexibility index (Phi) is 6.82. The number of carbonyl (C=O) groups excluding carboxylic acids is 1. The number of benzene rings is 2. The Bertz CT molecular complexity index is 969. The average molecular weight is 461 g/mol. The second-order valence-corrected chi connectivity index (χ2v) is 9.30. The lowest BCUT2D eigenvalue weighted by molar-refractivity contribution is -0.147. The third-order valence-corrected chi connectivity index (χ3v) is 6.98. The van der Waals surface area contributed by atoms with Gasteiger partial charge in [0.2, 0.25) is 5.91 Å². The van der Waals surface area contributed by atoms with Crippen molar-refractivity contribution in [2.75, 3.05) is 26.2 Å². The topological polar surface area (TPSA) is 32.8 Å². The van der Waals surface area contributed by atoms with Crippen molar-refractivity contribution in [1.29, 1.82) is 0 Å². The molecule has 2 heterocycles. The van der Waals surface area contributed by atoms with E-state index in [-0.39, 0.29) is 11.3 Å². The van der Waals surface area contributed by atoms with Gasteiger partial charge in [0.1, 0.15) is 0 Å². The molecule has 1 atom stereocenters. The maximum Gasteiger partial charge on any atom is 0.416 e. The standard InChI is InChI=1S/C26H31F3N2O2/c1-19-15-21(17-23(16-19)26(27,28)29)20(2)33-18-25(22-7-4-3-5-8-22)10-13-30(14-11-25)31-12-6-9-24(31)32/h3-5,7-8,15-17,20H,6,9-14,18H2,1-2H3/t20-/m1/s1. The molecule has 4 nitrogen and oxygen atoms in total. The molecule has 2 saturated heterocycles. The monoisotopic (exact) mass is 460 g/mol. The highest BCUT2D eigenvalue weighted by Gasteiger charge is 2.40. The molecule has 0 aromatic heterocycles. The van der Waals surface area contributed by atoms with Gasteiger partial charge in [-0.05, 0) is 56.4 Å². The molecule has 178 valence electrons. The number of hydrogen-bond acceptors (Lipinski definition) is 3. The van der Waals surface area contributed by atoms with Crippen LogP contribution in [0.1, 0.15) is 61.0 Å². The summed E-state index contributed by atoms with van der Waals surface area (Å²) in [5.74, 6) is 0.187. The van der Waals surface area contributed by atoms with Gasteiger partial charge in [-0.15, -0.1) is 0 Å². The Morgan fingerprint density at radius 1 is 1.06 bits per heavy atom. The number of ether oxygens (including phenoxy) is 1. The highest BCUT2D eigenvalue weighted by molar-refractivity contribution is 5.77. The third kappa shape index (κ3) is 5.25. The second kappa shape index (κ2) is 9.47. The fraction of sp³-hybridized carbons (Fsp3) is 0.500. The van der Waals surface area contributed by atoms with Gasteiger partial charge < -0.3 is 4.74 Å². The van der Waals surface area contributed by atoms with Crippen molar-refractivity contribution >= 4 is 5.91 Å². The molecule has 33 heavy (non-hydrogen) atoms. The van der Waals surface area contributed by atoms with Gasteiger partial charge in [0, 0.05) is 31.5 Å². The van der Waals surface area contributed by atoms with E-state index in [2.05, 4.69) is 17.1 Å². The van der Waals surface area contributed by atoms with Crippen LogP contribution in [-0.2, 0) is 21.1 Å². The number of halogens is 3. The van der Waals surface area contributed by atoms with E-state index >= 15 is 0 Å². The van der Waals surface area contributed by atoms with Gasteiger partial charge in [-0.2, -0.15) is 13.2 Å². The fourth-order valence-corrected chi connectivity index (χ4v) is 5.00. The van der Waals surface area contributed by atoms with Gasteiger partial charge in [0.05, 0.1) is 18.3 Å². The van der Waals surface area contributed by atoms with Crippen LogP contribution in [0.5, 0.6) is 0 Å². The van der Waals surface area contributed by atoms with Crippen LogP contribution in [0.25, 0.3) is 0 Å². The molecule has 0 saturated carbocycles. The summed E-state index contributed by atoms with van der Waals surface area (Å²) in [4.78, 5) is 12.2. The minimum atomic E-state index is -4.38. The minimum absolute atomic E-state index is 0.187. The summed E-state index contributed by atoms with van der Waals surface area (Å²) in [5.41, 5.74) is 1.38. The quantitative estimate of drug-likeness (QED) is 0.558. The number of alkyl halides is 3. The van der Waals surface area contributed by atoms with Crippen molar-refractivity contribution in [2.24, 2.45) is 0 Å². The minimum Gasteiger partial charge on any atom is -0.373 e. The maximum atomic E-state index is 13.3. The number of aryl methyl sites for hydroxylation is 1. The Labute approximate surface area is 193 Å². The zero-order chi connectivity index (χ0) is 23.6. The van der Waals surface area contributed by atoms with E-state index in [9.17, 15) is 18.0 Å². The van der Waals surface area contributed by atoms with Gasteiger partial charge in [0.15, 0.2) is 0 Å². The Balaban J connectivity index is 1.51. The number of rotatable bonds is 6. The Hall–Kier alpha value is -2.38. The van der Waals surface area contributed by atoms with Gasteiger partial charge in [-0.25, -0.2) is 5.01 Å². The van der Waals surface area contributed by atoms with Crippen LogP contribution in [0.4, 0.5) is 13.2 Å². The zero-order valence-electron chi connectivity index (χ0n) is 19.2. The molecule has 4 rings (SSSR count). The summed E-state index contributed by atoms with van der Waals surface area (Å²) >= 11 is 0. The molecule has 1 amide bonds. The molecule has 0 spiro atoms.